The van der Waals surface area contributed by atoms with Crippen molar-refractivity contribution >= 4 is 39.1 Å². The van der Waals surface area contributed by atoms with Gasteiger partial charge in [0.2, 0.25) is 21.8 Å². The van der Waals surface area contributed by atoms with Crippen LogP contribution in [0.2, 0.25) is 5.02 Å². The minimum absolute atomic E-state index is 0.0333. The Labute approximate surface area is 234 Å². The molecule has 3 aromatic rings. The lowest BCUT2D eigenvalue weighted by Crippen LogP contribution is -2.54. The number of halogens is 2. The number of aryl methyl sites for hydroxylation is 1. The van der Waals surface area contributed by atoms with Crippen LogP contribution in [0, 0.1) is 12.7 Å². The van der Waals surface area contributed by atoms with Gasteiger partial charge in [0.15, 0.2) is 0 Å². The third kappa shape index (κ3) is 8.53. The summed E-state index contributed by atoms with van der Waals surface area (Å²) in [6, 6.07) is 18.4. The predicted molar refractivity (Wildman–Crippen MR) is 153 cm³/mol. The first-order chi connectivity index (χ1) is 18.3. The van der Waals surface area contributed by atoms with Gasteiger partial charge in [-0.05, 0) is 61.7 Å². The molecule has 39 heavy (non-hydrogen) atoms. The van der Waals surface area contributed by atoms with Crippen LogP contribution in [0.3, 0.4) is 0 Å². The van der Waals surface area contributed by atoms with Crippen LogP contribution in [0.5, 0.6) is 0 Å². The first-order valence-corrected chi connectivity index (χ1v) is 14.7. The van der Waals surface area contributed by atoms with Gasteiger partial charge < -0.3 is 10.2 Å². The molecule has 0 aliphatic heterocycles. The van der Waals surface area contributed by atoms with Crippen molar-refractivity contribution < 1.29 is 22.4 Å². The van der Waals surface area contributed by atoms with E-state index in [-0.39, 0.29) is 30.6 Å². The summed E-state index contributed by atoms with van der Waals surface area (Å²) in [5.74, 6) is -1.41. The van der Waals surface area contributed by atoms with Crippen molar-refractivity contribution in [3.8, 4) is 0 Å². The summed E-state index contributed by atoms with van der Waals surface area (Å²) in [6.07, 6.45) is 1.20. The lowest BCUT2D eigenvalue weighted by molar-refractivity contribution is -0.140. The summed E-state index contributed by atoms with van der Waals surface area (Å²) in [5, 5.41) is 3.24. The lowest BCUT2D eigenvalue weighted by atomic mass is 10.0. The summed E-state index contributed by atoms with van der Waals surface area (Å²) in [4.78, 5) is 28.8. The lowest BCUT2D eigenvalue weighted by Gasteiger charge is -2.34. The molecule has 0 heterocycles. The van der Waals surface area contributed by atoms with Crippen LogP contribution < -0.4 is 9.62 Å². The SMILES string of the molecule is Cc1ccc(N(CC(=O)N(Cc2ccc(F)cc2)[C@@H](Cc2ccccc2)C(=O)NC(C)C)S(C)(=O)=O)cc1Cl. The van der Waals surface area contributed by atoms with E-state index in [1.54, 1.807) is 19.1 Å². The van der Waals surface area contributed by atoms with Gasteiger partial charge in [-0.15, -0.1) is 0 Å². The van der Waals surface area contributed by atoms with Gasteiger partial charge in [-0.25, -0.2) is 12.8 Å². The van der Waals surface area contributed by atoms with Crippen molar-refractivity contribution in [3.63, 3.8) is 0 Å². The van der Waals surface area contributed by atoms with E-state index in [2.05, 4.69) is 5.32 Å². The fourth-order valence-electron chi connectivity index (χ4n) is 4.07. The van der Waals surface area contributed by atoms with Crippen molar-refractivity contribution in [1.29, 1.82) is 0 Å². The van der Waals surface area contributed by atoms with E-state index in [0.29, 0.717) is 10.6 Å². The van der Waals surface area contributed by atoms with E-state index in [1.165, 1.54) is 35.2 Å². The molecule has 0 saturated carbocycles. The van der Waals surface area contributed by atoms with E-state index in [9.17, 15) is 22.4 Å². The number of hydrogen-bond donors (Lipinski definition) is 1. The molecular formula is C29H33ClFN3O4S. The van der Waals surface area contributed by atoms with Crippen molar-refractivity contribution in [1.82, 2.24) is 10.2 Å². The fraction of sp³-hybridized carbons (Fsp3) is 0.310. The summed E-state index contributed by atoms with van der Waals surface area (Å²) in [7, 11) is -3.90. The zero-order chi connectivity index (χ0) is 28.7. The summed E-state index contributed by atoms with van der Waals surface area (Å²) in [6.45, 7) is 4.83. The molecule has 0 aromatic heterocycles. The third-order valence-electron chi connectivity index (χ3n) is 6.09. The Morgan fingerprint density at radius 2 is 1.62 bits per heavy atom. The van der Waals surface area contributed by atoms with E-state index in [1.807, 2.05) is 44.2 Å². The Balaban J connectivity index is 2.06. The highest BCUT2D eigenvalue weighted by atomic mass is 35.5. The zero-order valence-electron chi connectivity index (χ0n) is 22.4. The number of rotatable bonds is 11. The van der Waals surface area contributed by atoms with Gasteiger partial charge in [-0.1, -0.05) is 60.1 Å². The number of nitrogens with one attached hydrogen (secondary N) is 1. The summed E-state index contributed by atoms with van der Waals surface area (Å²) >= 11 is 6.26. The van der Waals surface area contributed by atoms with Gasteiger partial charge >= 0.3 is 0 Å². The minimum atomic E-state index is -3.90. The molecule has 2 amide bonds. The monoisotopic (exact) mass is 573 g/mol. The van der Waals surface area contributed by atoms with Crippen LogP contribution >= 0.6 is 11.6 Å². The number of anilines is 1. The molecule has 0 aliphatic rings. The molecule has 0 aliphatic carbocycles. The highest BCUT2D eigenvalue weighted by molar-refractivity contribution is 7.92. The molecule has 0 bridgehead atoms. The maximum atomic E-state index is 14.0. The van der Waals surface area contributed by atoms with Crippen molar-refractivity contribution in [3.05, 3.63) is 100 Å². The molecule has 1 atom stereocenters. The van der Waals surface area contributed by atoms with Crippen molar-refractivity contribution in [2.24, 2.45) is 0 Å². The molecule has 0 saturated heterocycles. The van der Waals surface area contributed by atoms with Gasteiger partial charge in [0.1, 0.15) is 18.4 Å². The van der Waals surface area contributed by atoms with Crippen LogP contribution in [0.25, 0.3) is 0 Å². The number of nitrogens with zero attached hydrogens (tertiary/aromatic N) is 2. The van der Waals surface area contributed by atoms with Crippen LogP contribution in [0.15, 0.2) is 72.8 Å². The second-order valence-corrected chi connectivity index (χ2v) is 12.0. The third-order valence-corrected chi connectivity index (χ3v) is 7.64. The van der Waals surface area contributed by atoms with E-state index < -0.39 is 34.3 Å². The quantitative estimate of drug-likeness (QED) is 0.360. The number of amides is 2. The molecule has 208 valence electrons. The van der Waals surface area contributed by atoms with E-state index in [4.69, 9.17) is 11.6 Å². The topological polar surface area (TPSA) is 86.8 Å². The highest BCUT2D eigenvalue weighted by Crippen LogP contribution is 2.25. The number of carbonyl (C=O) groups excluding carboxylic acids is 2. The number of carbonyl (C=O) groups is 2. The molecule has 3 aromatic carbocycles. The normalized spacial score (nSPS) is 12.2. The highest BCUT2D eigenvalue weighted by Gasteiger charge is 2.33. The Bertz CT molecular complexity index is 1400. The number of benzene rings is 3. The minimum Gasteiger partial charge on any atom is -0.352 e. The van der Waals surface area contributed by atoms with Crippen LogP contribution in [-0.2, 0) is 32.6 Å². The number of hydrogen-bond acceptors (Lipinski definition) is 4. The Morgan fingerprint density at radius 3 is 2.18 bits per heavy atom. The summed E-state index contributed by atoms with van der Waals surface area (Å²) in [5.41, 5.74) is 2.40. The van der Waals surface area contributed by atoms with Gasteiger partial charge in [0.25, 0.3) is 0 Å². The molecule has 7 nitrogen and oxygen atoms in total. The van der Waals surface area contributed by atoms with Crippen LogP contribution in [0.1, 0.15) is 30.5 Å². The van der Waals surface area contributed by atoms with Gasteiger partial charge in [0, 0.05) is 24.0 Å². The first-order valence-electron chi connectivity index (χ1n) is 12.5. The molecule has 0 fully saturated rings. The standard InChI is InChI=1S/C29H33ClFN3O4S/c1-20(2)32-29(36)27(16-22-8-6-5-7-9-22)33(18-23-11-13-24(31)14-12-23)28(35)19-34(39(4,37)38)25-15-10-21(3)26(30)17-25/h5-15,17,20,27H,16,18-19H2,1-4H3,(H,32,36)/t27-/m0/s1. The van der Waals surface area contributed by atoms with Crippen LogP contribution in [0.4, 0.5) is 10.1 Å². The molecule has 0 spiro atoms. The molecule has 10 heteroatoms. The van der Waals surface area contributed by atoms with Crippen molar-refractivity contribution in [2.75, 3.05) is 17.1 Å². The van der Waals surface area contributed by atoms with Crippen molar-refractivity contribution in [2.45, 2.75) is 45.8 Å². The summed E-state index contributed by atoms with van der Waals surface area (Å²) < 4.78 is 40.2. The molecule has 3 rings (SSSR count). The van der Waals surface area contributed by atoms with Crippen LogP contribution in [-0.4, -0.2) is 50.0 Å². The van der Waals surface area contributed by atoms with E-state index in [0.717, 1.165) is 21.7 Å². The zero-order valence-corrected chi connectivity index (χ0v) is 24.0. The maximum absolute atomic E-state index is 14.0. The molecule has 1 N–H and O–H groups in total. The largest absolute Gasteiger partial charge is 0.352 e. The molecule has 0 unspecified atom stereocenters. The smallest absolute Gasteiger partial charge is 0.244 e. The van der Waals surface area contributed by atoms with Gasteiger partial charge in [-0.2, -0.15) is 0 Å². The Morgan fingerprint density at radius 1 is 0.974 bits per heavy atom. The average molecular weight is 574 g/mol. The second-order valence-electron chi connectivity index (χ2n) is 9.72. The predicted octanol–water partition coefficient (Wildman–Crippen LogP) is 4.72. The fourth-order valence-corrected chi connectivity index (χ4v) is 5.09. The Hall–Kier alpha value is -3.43. The Kier molecular flexibility index (Phi) is 10.1. The van der Waals surface area contributed by atoms with E-state index >= 15 is 0 Å². The maximum Gasteiger partial charge on any atom is 0.244 e. The second kappa shape index (κ2) is 13.1. The first kappa shape index (κ1) is 30.1. The molecule has 0 radical (unpaired) electrons. The molecular weight excluding hydrogens is 541 g/mol. The van der Waals surface area contributed by atoms with Gasteiger partial charge in [-0.3, -0.25) is 13.9 Å². The average Bonchev–Trinajstić information content (AvgIpc) is 2.87. The van der Waals surface area contributed by atoms with Gasteiger partial charge in [0.05, 0.1) is 11.9 Å². The number of sulfonamides is 1.